The minimum atomic E-state index is -1.18. The maximum atomic E-state index is 13.3. The number of carbonyl (C=O) groups is 2. The summed E-state index contributed by atoms with van der Waals surface area (Å²) in [5.41, 5.74) is 2.22. The van der Waals surface area contributed by atoms with Crippen molar-refractivity contribution in [2.45, 2.75) is 26.9 Å². The lowest BCUT2D eigenvalue weighted by atomic mass is 10.1. The van der Waals surface area contributed by atoms with E-state index in [0.29, 0.717) is 41.7 Å². The molecule has 3 aromatic rings. The van der Waals surface area contributed by atoms with Crippen molar-refractivity contribution in [2.75, 3.05) is 25.6 Å². The van der Waals surface area contributed by atoms with E-state index in [1.807, 2.05) is 32.9 Å². The number of benzene rings is 3. The van der Waals surface area contributed by atoms with Crippen LogP contribution in [-0.4, -0.2) is 32.2 Å². The van der Waals surface area contributed by atoms with Gasteiger partial charge in [-0.2, -0.15) is 0 Å². The average Bonchev–Trinajstić information content (AvgIpc) is 2.84. The SMILES string of the molecule is CCOc1ccc(C(=O)O[C@H](C(=O)Nc2cc(C)ccc2OC)c2ccccc2)cc1OCC. The standard InChI is InChI=1S/C27H29NO6/c1-5-32-23-15-13-20(17-24(23)33-6-2)27(30)34-25(19-10-8-7-9-11-19)26(29)28-21-16-18(3)12-14-22(21)31-4/h7-17,25H,5-6H2,1-4H3,(H,28,29)/t25-/m0/s1. The van der Waals surface area contributed by atoms with Crippen molar-refractivity contribution in [1.29, 1.82) is 0 Å². The normalized spacial score (nSPS) is 11.3. The molecule has 1 N–H and O–H groups in total. The third kappa shape index (κ3) is 6.07. The fraction of sp³-hybridized carbons (Fsp3) is 0.259. The Labute approximate surface area is 199 Å². The number of rotatable bonds is 10. The Morgan fingerprint density at radius 3 is 2.21 bits per heavy atom. The van der Waals surface area contributed by atoms with Crippen LogP contribution in [0, 0.1) is 6.92 Å². The summed E-state index contributed by atoms with van der Waals surface area (Å²) in [6, 6.07) is 19.1. The van der Waals surface area contributed by atoms with Crippen molar-refractivity contribution in [2.24, 2.45) is 0 Å². The maximum Gasteiger partial charge on any atom is 0.339 e. The second-order valence-corrected chi connectivity index (χ2v) is 7.42. The van der Waals surface area contributed by atoms with E-state index in [2.05, 4.69) is 5.32 Å². The molecule has 0 spiro atoms. The summed E-state index contributed by atoms with van der Waals surface area (Å²) in [6.45, 7) is 6.49. The molecule has 0 bridgehead atoms. The van der Waals surface area contributed by atoms with Gasteiger partial charge in [0, 0.05) is 5.56 Å². The van der Waals surface area contributed by atoms with Crippen LogP contribution < -0.4 is 19.5 Å². The van der Waals surface area contributed by atoms with Gasteiger partial charge in [-0.05, 0) is 56.7 Å². The lowest BCUT2D eigenvalue weighted by Crippen LogP contribution is -2.26. The number of anilines is 1. The molecule has 0 aliphatic rings. The highest BCUT2D eigenvalue weighted by Gasteiger charge is 2.27. The van der Waals surface area contributed by atoms with Gasteiger partial charge in [0.1, 0.15) is 5.75 Å². The van der Waals surface area contributed by atoms with E-state index in [9.17, 15) is 9.59 Å². The number of esters is 1. The Hall–Kier alpha value is -4.00. The van der Waals surface area contributed by atoms with Gasteiger partial charge in [-0.15, -0.1) is 0 Å². The van der Waals surface area contributed by atoms with E-state index in [-0.39, 0.29) is 5.56 Å². The van der Waals surface area contributed by atoms with Gasteiger partial charge in [0.15, 0.2) is 11.5 Å². The molecule has 0 aromatic heterocycles. The summed E-state index contributed by atoms with van der Waals surface area (Å²) in [5.74, 6) is 0.308. The van der Waals surface area contributed by atoms with E-state index in [1.54, 1.807) is 54.6 Å². The second-order valence-electron chi connectivity index (χ2n) is 7.42. The molecule has 0 heterocycles. The zero-order chi connectivity index (χ0) is 24.5. The van der Waals surface area contributed by atoms with Crippen molar-refractivity contribution in [1.82, 2.24) is 0 Å². The topological polar surface area (TPSA) is 83.1 Å². The predicted octanol–water partition coefficient (Wildman–Crippen LogP) is 5.34. The number of methoxy groups -OCH3 is 1. The molecule has 0 radical (unpaired) electrons. The minimum Gasteiger partial charge on any atom is -0.495 e. The molecular weight excluding hydrogens is 434 g/mol. The van der Waals surface area contributed by atoms with Gasteiger partial charge in [0.2, 0.25) is 6.10 Å². The molecule has 3 rings (SSSR count). The first-order chi connectivity index (χ1) is 16.5. The van der Waals surface area contributed by atoms with Crippen molar-refractivity contribution < 1.29 is 28.5 Å². The molecule has 0 aliphatic carbocycles. The quantitative estimate of drug-likeness (QED) is 0.409. The van der Waals surface area contributed by atoms with Crippen LogP contribution in [0.4, 0.5) is 5.69 Å². The molecule has 1 atom stereocenters. The van der Waals surface area contributed by atoms with Crippen LogP contribution in [0.1, 0.15) is 41.4 Å². The summed E-state index contributed by atoms with van der Waals surface area (Å²) in [5, 5.41) is 2.83. The molecule has 3 aromatic carbocycles. The van der Waals surface area contributed by atoms with Gasteiger partial charge < -0.3 is 24.3 Å². The van der Waals surface area contributed by atoms with Crippen molar-refractivity contribution in [3.05, 3.63) is 83.4 Å². The zero-order valence-electron chi connectivity index (χ0n) is 19.8. The van der Waals surface area contributed by atoms with E-state index in [1.165, 1.54) is 7.11 Å². The molecule has 7 heteroatoms. The monoisotopic (exact) mass is 463 g/mol. The molecule has 7 nitrogen and oxygen atoms in total. The van der Waals surface area contributed by atoms with Crippen molar-refractivity contribution in [3.8, 4) is 17.2 Å². The van der Waals surface area contributed by atoms with Crippen LogP contribution in [0.3, 0.4) is 0 Å². The minimum absolute atomic E-state index is 0.244. The number of amides is 1. The number of hydrogen-bond acceptors (Lipinski definition) is 6. The van der Waals surface area contributed by atoms with Crippen molar-refractivity contribution >= 4 is 17.6 Å². The highest BCUT2D eigenvalue weighted by molar-refractivity contribution is 5.99. The molecule has 0 saturated carbocycles. The Kier molecular flexibility index (Phi) is 8.51. The third-order valence-corrected chi connectivity index (χ3v) is 4.96. The Morgan fingerprint density at radius 1 is 0.853 bits per heavy atom. The number of aryl methyl sites for hydroxylation is 1. The van der Waals surface area contributed by atoms with Crippen LogP contribution in [0.2, 0.25) is 0 Å². The first-order valence-electron chi connectivity index (χ1n) is 11.1. The molecule has 34 heavy (non-hydrogen) atoms. The summed E-state index contributed by atoms with van der Waals surface area (Å²) in [4.78, 5) is 26.3. The van der Waals surface area contributed by atoms with Crippen LogP contribution in [-0.2, 0) is 9.53 Å². The number of hydrogen-bond donors (Lipinski definition) is 1. The molecule has 0 fully saturated rings. The maximum absolute atomic E-state index is 13.3. The van der Waals surface area contributed by atoms with Crippen LogP contribution in [0.25, 0.3) is 0 Å². The molecule has 0 aliphatic heterocycles. The van der Waals surface area contributed by atoms with E-state index >= 15 is 0 Å². The number of ether oxygens (including phenoxy) is 4. The number of carbonyl (C=O) groups excluding carboxylic acids is 2. The first-order valence-corrected chi connectivity index (χ1v) is 11.1. The summed E-state index contributed by atoms with van der Waals surface area (Å²) in [7, 11) is 1.52. The van der Waals surface area contributed by atoms with Gasteiger partial charge in [-0.25, -0.2) is 4.79 Å². The second kappa shape index (κ2) is 11.7. The fourth-order valence-electron chi connectivity index (χ4n) is 3.37. The predicted molar refractivity (Wildman–Crippen MR) is 130 cm³/mol. The van der Waals surface area contributed by atoms with Gasteiger partial charge in [-0.3, -0.25) is 4.79 Å². The van der Waals surface area contributed by atoms with Crippen LogP contribution in [0.5, 0.6) is 17.2 Å². The first kappa shape index (κ1) is 24.6. The Balaban J connectivity index is 1.89. The lowest BCUT2D eigenvalue weighted by molar-refractivity contribution is -0.125. The highest BCUT2D eigenvalue weighted by Crippen LogP contribution is 2.31. The molecule has 0 unspecified atom stereocenters. The van der Waals surface area contributed by atoms with Gasteiger partial charge in [-0.1, -0.05) is 36.4 Å². The molecule has 178 valence electrons. The van der Waals surface area contributed by atoms with E-state index in [0.717, 1.165) is 5.56 Å². The highest BCUT2D eigenvalue weighted by atomic mass is 16.5. The van der Waals surface area contributed by atoms with Gasteiger partial charge in [0.25, 0.3) is 5.91 Å². The summed E-state index contributed by atoms with van der Waals surface area (Å²) >= 11 is 0. The smallest absolute Gasteiger partial charge is 0.339 e. The van der Waals surface area contributed by atoms with Crippen LogP contribution >= 0.6 is 0 Å². The molecule has 1 amide bonds. The van der Waals surface area contributed by atoms with Crippen LogP contribution in [0.15, 0.2) is 66.7 Å². The molecule has 0 saturated heterocycles. The molecular formula is C27H29NO6. The van der Waals surface area contributed by atoms with E-state index < -0.39 is 18.0 Å². The average molecular weight is 464 g/mol. The Morgan fingerprint density at radius 2 is 1.53 bits per heavy atom. The number of nitrogens with one attached hydrogen (secondary N) is 1. The summed E-state index contributed by atoms with van der Waals surface area (Å²) < 4.78 is 22.2. The fourth-order valence-corrected chi connectivity index (χ4v) is 3.37. The van der Waals surface area contributed by atoms with Gasteiger partial charge >= 0.3 is 5.97 Å². The zero-order valence-corrected chi connectivity index (χ0v) is 19.8. The van der Waals surface area contributed by atoms with Crippen molar-refractivity contribution in [3.63, 3.8) is 0 Å². The van der Waals surface area contributed by atoms with Gasteiger partial charge in [0.05, 0.1) is 31.6 Å². The largest absolute Gasteiger partial charge is 0.495 e. The lowest BCUT2D eigenvalue weighted by Gasteiger charge is -2.20. The van der Waals surface area contributed by atoms with E-state index in [4.69, 9.17) is 18.9 Å². The Bertz CT molecular complexity index is 1130. The third-order valence-electron chi connectivity index (χ3n) is 4.96. The summed E-state index contributed by atoms with van der Waals surface area (Å²) in [6.07, 6.45) is -1.18.